The average Bonchev–Trinajstić information content (AvgIpc) is 2.58. The van der Waals surface area contributed by atoms with Gasteiger partial charge >= 0.3 is 0 Å². The van der Waals surface area contributed by atoms with Gasteiger partial charge in [0, 0.05) is 33.2 Å². The zero-order valence-corrected chi connectivity index (χ0v) is 15.7. The summed E-state index contributed by atoms with van der Waals surface area (Å²) in [6.45, 7) is 6.76. The number of ether oxygens (including phenoxy) is 1. The molecule has 1 atom stereocenters. The van der Waals surface area contributed by atoms with E-state index in [4.69, 9.17) is 4.74 Å². The van der Waals surface area contributed by atoms with Crippen LogP contribution in [0.5, 0.6) is 5.75 Å². The van der Waals surface area contributed by atoms with Crippen LogP contribution in [0, 0.1) is 6.92 Å². The molecule has 1 saturated heterocycles. The molecule has 25 heavy (non-hydrogen) atoms. The zero-order chi connectivity index (χ0) is 18.4. The molecule has 0 radical (unpaired) electrons. The quantitative estimate of drug-likeness (QED) is 0.813. The lowest BCUT2D eigenvalue weighted by Crippen LogP contribution is -2.56. The molecule has 0 bridgehead atoms. The van der Waals surface area contributed by atoms with Crippen molar-refractivity contribution in [2.45, 2.75) is 39.3 Å². The summed E-state index contributed by atoms with van der Waals surface area (Å²) in [4.78, 5) is 28.5. The molecule has 6 heteroatoms. The maximum Gasteiger partial charge on any atom is 0.237 e. The normalized spacial score (nSPS) is 17.9. The highest BCUT2D eigenvalue weighted by Crippen LogP contribution is 2.21. The molecule has 0 unspecified atom stereocenters. The molecule has 1 aliphatic rings. The van der Waals surface area contributed by atoms with E-state index < -0.39 is 6.04 Å². The summed E-state index contributed by atoms with van der Waals surface area (Å²) in [5.41, 5.74) is 2.18. The smallest absolute Gasteiger partial charge is 0.237 e. The van der Waals surface area contributed by atoms with Crippen LogP contribution < -0.4 is 10.1 Å². The van der Waals surface area contributed by atoms with Crippen LogP contribution in [0.1, 0.15) is 30.9 Å². The van der Waals surface area contributed by atoms with Gasteiger partial charge in [-0.3, -0.25) is 14.5 Å². The number of amides is 2. The Kier molecular flexibility index (Phi) is 6.82. The van der Waals surface area contributed by atoms with Gasteiger partial charge in [0.25, 0.3) is 0 Å². The topological polar surface area (TPSA) is 61.9 Å². The minimum absolute atomic E-state index is 0.0137. The molecule has 1 fully saturated rings. The van der Waals surface area contributed by atoms with Gasteiger partial charge in [-0.25, -0.2) is 0 Å². The lowest BCUT2D eigenvalue weighted by molar-refractivity contribution is -0.138. The first kappa shape index (κ1) is 19.2. The lowest BCUT2D eigenvalue weighted by atomic mass is 10.0. The molecular formula is C19H29N3O3. The van der Waals surface area contributed by atoms with Crippen molar-refractivity contribution in [3.63, 3.8) is 0 Å². The van der Waals surface area contributed by atoms with E-state index in [0.29, 0.717) is 19.6 Å². The summed E-state index contributed by atoms with van der Waals surface area (Å²) in [6.07, 6.45) is 1.13. The van der Waals surface area contributed by atoms with E-state index >= 15 is 0 Å². The van der Waals surface area contributed by atoms with Crippen molar-refractivity contribution >= 4 is 11.8 Å². The molecule has 1 aliphatic heterocycles. The Hall–Kier alpha value is -2.08. The number of benzene rings is 1. The largest absolute Gasteiger partial charge is 0.496 e. The molecule has 0 spiro atoms. The van der Waals surface area contributed by atoms with Gasteiger partial charge in [-0.05, 0) is 30.5 Å². The first-order valence-electron chi connectivity index (χ1n) is 8.85. The van der Waals surface area contributed by atoms with Gasteiger partial charge in [-0.2, -0.15) is 0 Å². The molecule has 0 aromatic heterocycles. The Labute approximate surface area is 150 Å². The minimum Gasteiger partial charge on any atom is -0.496 e. The lowest BCUT2D eigenvalue weighted by Gasteiger charge is -2.35. The number of aryl methyl sites for hydroxylation is 1. The number of nitrogens with one attached hydrogen (secondary N) is 1. The van der Waals surface area contributed by atoms with Crippen LogP contribution in [0.3, 0.4) is 0 Å². The predicted molar refractivity (Wildman–Crippen MR) is 97.5 cm³/mol. The van der Waals surface area contributed by atoms with E-state index in [9.17, 15) is 9.59 Å². The predicted octanol–water partition coefficient (Wildman–Crippen LogP) is 1.56. The summed E-state index contributed by atoms with van der Waals surface area (Å²) >= 11 is 0. The van der Waals surface area contributed by atoms with E-state index in [1.807, 2.05) is 26.0 Å². The SMILES string of the molecule is CCCN(C)C(=O)C[C@H]1C(=O)NCCN1Cc1ccc(OC)c(C)c1. The first-order chi connectivity index (χ1) is 12.0. The Bertz CT molecular complexity index is 618. The highest BCUT2D eigenvalue weighted by Gasteiger charge is 2.32. The third-order valence-electron chi connectivity index (χ3n) is 4.64. The minimum atomic E-state index is -0.414. The van der Waals surface area contributed by atoms with Gasteiger partial charge < -0.3 is 15.0 Å². The van der Waals surface area contributed by atoms with E-state index in [1.165, 1.54) is 0 Å². The van der Waals surface area contributed by atoms with Gasteiger partial charge in [0.15, 0.2) is 0 Å². The number of nitrogens with zero attached hydrogens (tertiary/aromatic N) is 2. The van der Waals surface area contributed by atoms with E-state index in [0.717, 1.165) is 29.8 Å². The monoisotopic (exact) mass is 347 g/mol. The fourth-order valence-corrected chi connectivity index (χ4v) is 3.23. The van der Waals surface area contributed by atoms with Gasteiger partial charge in [0.1, 0.15) is 5.75 Å². The number of rotatable bonds is 7. The van der Waals surface area contributed by atoms with Crippen LogP contribution in [0.25, 0.3) is 0 Å². The number of methoxy groups -OCH3 is 1. The van der Waals surface area contributed by atoms with Crippen molar-refractivity contribution in [2.75, 3.05) is 33.8 Å². The van der Waals surface area contributed by atoms with E-state index in [2.05, 4.69) is 16.3 Å². The fourth-order valence-electron chi connectivity index (χ4n) is 3.23. The molecule has 0 saturated carbocycles. The second kappa shape index (κ2) is 8.85. The number of piperazine rings is 1. The molecule has 6 nitrogen and oxygen atoms in total. The third-order valence-corrected chi connectivity index (χ3v) is 4.64. The average molecular weight is 347 g/mol. The highest BCUT2D eigenvalue weighted by atomic mass is 16.5. The van der Waals surface area contributed by atoms with Gasteiger partial charge in [-0.15, -0.1) is 0 Å². The van der Waals surface area contributed by atoms with Gasteiger partial charge in [0.2, 0.25) is 11.8 Å². The van der Waals surface area contributed by atoms with Crippen LogP contribution in [0.4, 0.5) is 0 Å². The summed E-state index contributed by atoms with van der Waals surface area (Å²) in [6, 6.07) is 5.63. The Balaban J connectivity index is 2.09. The van der Waals surface area contributed by atoms with Gasteiger partial charge in [-0.1, -0.05) is 19.1 Å². The molecule has 2 rings (SSSR count). The van der Waals surface area contributed by atoms with Crippen LogP contribution in [0.15, 0.2) is 18.2 Å². The molecule has 1 heterocycles. The number of hydrogen-bond donors (Lipinski definition) is 1. The summed E-state index contributed by atoms with van der Waals surface area (Å²) < 4.78 is 5.30. The summed E-state index contributed by atoms with van der Waals surface area (Å²) in [5.74, 6) is 0.808. The molecule has 1 aromatic carbocycles. The Morgan fingerprint density at radius 1 is 1.44 bits per heavy atom. The van der Waals surface area contributed by atoms with Crippen LogP contribution >= 0.6 is 0 Å². The second-order valence-corrected chi connectivity index (χ2v) is 6.60. The van der Waals surface area contributed by atoms with Crippen molar-refractivity contribution < 1.29 is 14.3 Å². The van der Waals surface area contributed by atoms with Crippen LogP contribution in [-0.2, 0) is 16.1 Å². The maximum absolute atomic E-state index is 12.4. The molecular weight excluding hydrogens is 318 g/mol. The molecule has 0 aliphatic carbocycles. The highest BCUT2D eigenvalue weighted by molar-refractivity contribution is 5.88. The molecule has 2 amide bonds. The summed E-state index contributed by atoms with van der Waals surface area (Å²) in [5, 5.41) is 2.88. The molecule has 138 valence electrons. The molecule has 1 aromatic rings. The van der Waals surface area contributed by atoms with Crippen molar-refractivity contribution in [1.29, 1.82) is 0 Å². The van der Waals surface area contributed by atoms with Crippen molar-refractivity contribution in [3.05, 3.63) is 29.3 Å². The standard InChI is InChI=1S/C19H29N3O3/c1-5-9-21(3)18(23)12-16-19(24)20-8-10-22(16)13-15-6-7-17(25-4)14(2)11-15/h6-7,11,16H,5,8-10,12-13H2,1-4H3,(H,20,24)/t16-/m0/s1. The second-order valence-electron chi connectivity index (χ2n) is 6.60. The Morgan fingerprint density at radius 2 is 2.20 bits per heavy atom. The van der Waals surface area contributed by atoms with Crippen LogP contribution in [0.2, 0.25) is 0 Å². The third kappa shape index (κ3) is 4.95. The number of carbonyl (C=O) groups excluding carboxylic acids is 2. The van der Waals surface area contributed by atoms with Crippen molar-refractivity contribution in [3.8, 4) is 5.75 Å². The van der Waals surface area contributed by atoms with E-state index in [-0.39, 0.29) is 18.2 Å². The number of carbonyl (C=O) groups is 2. The zero-order valence-electron chi connectivity index (χ0n) is 15.7. The van der Waals surface area contributed by atoms with Gasteiger partial charge in [0.05, 0.1) is 19.6 Å². The first-order valence-corrected chi connectivity index (χ1v) is 8.85. The molecule has 1 N–H and O–H groups in total. The summed E-state index contributed by atoms with van der Waals surface area (Å²) in [7, 11) is 3.45. The number of hydrogen-bond acceptors (Lipinski definition) is 4. The van der Waals surface area contributed by atoms with E-state index in [1.54, 1.807) is 19.1 Å². The van der Waals surface area contributed by atoms with Crippen LogP contribution in [-0.4, -0.2) is 61.4 Å². The Morgan fingerprint density at radius 3 is 2.84 bits per heavy atom. The maximum atomic E-state index is 12.4. The van der Waals surface area contributed by atoms with Crippen molar-refractivity contribution in [2.24, 2.45) is 0 Å². The fraction of sp³-hybridized carbons (Fsp3) is 0.579. The van der Waals surface area contributed by atoms with Crippen molar-refractivity contribution in [1.82, 2.24) is 15.1 Å².